The van der Waals surface area contributed by atoms with E-state index in [0.717, 1.165) is 0 Å². The molecule has 0 radical (unpaired) electrons. The lowest BCUT2D eigenvalue weighted by Crippen LogP contribution is -2.16. The van der Waals surface area contributed by atoms with Crippen LogP contribution in [0.5, 0.6) is 5.75 Å². The number of phenols is 1. The molecular formula is C19H15ClN2O3S. The van der Waals surface area contributed by atoms with Crippen LogP contribution in [0.3, 0.4) is 0 Å². The smallest absolute Gasteiger partial charge is 0.284 e. The van der Waals surface area contributed by atoms with Gasteiger partial charge < -0.3 is 10.4 Å². The predicted octanol–water partition coefficient (Wildman–Crippen LogP) is 4.29. The Morgan fingerprint density at radius 1 is 0.885 bits per heavy atom. The summed E-state index contributed by atoms with van der Waals surface area (Å²) in [6, 6.07) is 21.1. The van der Waals surface area contributed by atoms with Crippen molar-refractivity contribution in [3.05, 3.63) is 89.4 Å². The number of anilines is 1. The van der Waals surface area contributed by atoms with Crippen LogP contribution in [0.2, 0.25) is 5.02 Å². The molecule has 0 unspecified atom stereocenters. The molecule has 0 spiro atoms. The predicted molar refractivity (Wildman–Crippen MR) is 103 cm³/mol. The number of hydrogen-bond acceptors (Lipinski definition) is 3. The molecule has 0 atom stereocenters. The molecule has 0 saturated carbocycles. The summed E-state index contributed by atoms with van der Waals surface area (Å²) in [5.74, 6) is -0.0646. The Morgan fingerprint density at radius 3 is 2.15 bits per heavy atom. The Balaban J connectivity index is 2.09. The third kappa shape index (κ3) is 4.22. The number of aromatic hydroxyl groups is 1. The summed E-state index contributed by atoms with van der Waals surface area (Å²) < 4.78 is 29.3. The summed E-state index contributed by atoms with van der Waals surface area (Å²) in [7, 11) is -4.01. The molecule has 2 N–H and O–H groups in total. The Hall–Kier alpha value is -2.83. The zero-order chi connectivity index (χ0) is 18.6. The molecular weight excluding hydrogens is 372 g/mol. The summed E-state index contributed by atoms with van der Waals surface area (Å²) in [5.41, 5.74) is 0.912. The van der Waals surface area contributed by atoms with Crippen LogP contribution in [-0.2, 0) is 10.0 Å². The minimum absolute atomic E-state index is 0.00434. The van der Waals surface area contributed by atoms with Gasteiger partial charge in [-0.25, -0.2) is 0 Å². The van der Waals surface area contributed by atoms with Crippen molar-refractivity contribution in [3.8, 4) is 5.75 Å². The van der Waals surface area contributed by atoms with Gasteiger partial charge in [-0.05, 0) is 48.5 Å². The fourth-order valence-corrected chi connectivity index (χ4v) is 3.35. The first-order valence-corrected chi connectivity index (χ1v) is 9.48. The van der Waals surface area contributed by atoms with E-state index in [-0.39, 0.29) is 22.0 Å². The summed E-state index contributed by atoms with van der Waals surface area (Å²) in [6.07, 6.45) is 0. The van der Waals surface area contributed by atoms with Crippen molar-refractivity contribution in [2.45, 2.75) is 4.90 Å². The molecule has 5 nitrogen and oxygen atoms in total. The van der Waals surface area contributed by atoms with Gasteiger partial charge in [-0.1, -0.05) is 41.9 Å². The Morgan fingerprint density at radius 2 is 1.50 bits per heavy atom. The highest BCUT2D eigenvalue weighted by atomic mass is 35.5. The molecule has 0 aliphatic carbocycles. The molecule has 132 valence electrons. The van der Waals surface area contributed by atoms with E-state index in [1.807, 2.05) is 6.07 Å². The van der Waals surface area contributed by atoms with E-state index < -0.39 is 10.0 Å². The molecule has 0 aliphatic heterocycles. The maximum atomic E-state index is 12.7. The second kappa shape index (κ2) is 7.59. The number of hydrogen-bond donors (Lipinski definition) is 2. The normalized spacial score (nSPS) is 12.0. The largest absolute Gasteiger partial charge is 0.507 e. The maximum absolute atomic E-state index is 12.7. The zero-order valence-electron chi connectivity index (χ0n) is 13.5. The van der Waals surface area contributed by atoms with Crippen LogP contribution >= 0.6 is 11.6 Å². The van der Waals surface area contributed by atoms with Crippen molar-refractivity contribution in [1.29, 1.82) is 0 Å². The number of nitrogens with zero attached hydrogens (tertiary/aromatic N) is 1. The first-order valence-electron chi connectivity index (χ1n) is 7.67. The average Bonchev–Trinajstić information content (AvgIpc) is 2.63. The minimum atomic E-state index is -4.01. The van der Waals surface area contributed by atoms with Gasteiger partial charge in [0.15, 0.2) is 5.84 Å². The lowest BCUT2D eigenvalue weighted by Gasteiger charge is -2.12. The highest BCUT2D eigenvalue weighted by Gasteiger charge is 2.17. The van der Waals surface area contributed by atoms with Crippen LogP contribution in [-0.4, -0.2) is 19.4 Å². The molecule has 7 heteroatoms. The molecule has 3 rings (SSSR count). The molecule has 26 heavy (non-hydrogen) atoms. The number of amidine groups is 1. The number of nitrogens with one attached hydrogen (secondary N) is 1. The molecule has 0 bridgehead atoms. The Bertz CT molecular complexity index is 1030. The van der Waals surface area contributed by atoms with Gasteiger partial charge in [0.05, 0.1) is 10.5 Å². The van der Waals surface area contributed by atoms with Crippen LogP contribution in [0.4, 0.5) is 5.69 Å². The van der Waals surface area contributed by atoms with Gasteiger partial charge in [0.2, 0.25) is 0 Å². The second-order valence-corrected chi connectivity index (χ2v) is 7.42. The van der Waals surface area contributed by atoms with Crippen molar-refractivity contribution in [2.75, 3.05) is 5.32 Å². The summed E-state index contributed by atoms with van der Waals surface area (Å²) in [4.78, 5) is 0.00434. The van der Waals surface area contributed by atoms with Gasteiger partial charge in [0.1, 0.15) is 5.75 Å². The zero-order valence-corrected chi connectivity index (χ0v) is 15.1. The molecule has 0 saturated heterocycles. The lowest BCUT2D eigenvalue weighted by molar-refractivity contribution is 0.474. The monoisotopic (exact) mass is 386 g/mol. The van der Waals surface area contributed by atoms with E-state index in [4.69, 9.17) is 11.6 Å². The van der Waals surface area contributed by atoms with Gasteiger partial charge >= 0.3 is 0 Å². The fourth-order valence-electron chi connectivity index (χ4n) is 2.25. The van der Waals surface area contributed by atoms with Gasteiger partial charge in [-0.2, -0.15) is 8.42 Å². The Kier molecular flexibility index (Phi) is 5.25. The quantitative estimate of drug-likeness (QED) is 0.517. The first kappa shape index (κ1) is 18.0. The van der Waals surface area contributed by atoms with E-state index in [1.54, 1.807) is 42.5 Å². The van der Waals surface area contributed by atoms with Gasteiger partial charge in [-0.3, -0.25) is 0 Å². The van der Waals surface area contributed by atoms with Crippen molar-refractivity contribution in [3.63, 3.8) is 0 Å². The van der Waals surface area contributed by atoms with Crippen LogP contribution in [0.25, 0.3) is 0 Å². The van der Waals surface area contributed by atoms with Crippen molar-refractivity contribution >= 4 is 33.1 Å². The molecule has 0 heterocycles. The minimum Gasteiger partial charge on any atom is -0.507 e. The number of para-hydroxylation sites is 2. The average molecular weight is 387 g/mol. The SMILES string of the molecule is O=S(=O)(N=C(Nc1ccccc1)c1ccccc1O)c1ccc(Cl)cc1. The second-order valence-electron chi connectivity index (χ2n) is 5.38. The number of rotatable bonds is 4. The van der Waals surface area contributed by atoms with Gasteiger partial charge in [0.25, 0.3) is 10.0 Å². The van der Waals surface area contributed by atoms with Crippen molar-refractivity contribution in [1.82, 2.24) is 0 Å². The maximum Gasteiger partial charge on any atom is 0.284 e. The number of halogens is 1. The molecule has 0 fully saturated rings. The number of benzene rings is 3. The van der Waals surface area contributed by atoms with Crippen LogP contribution < -0.4 is 5.32 Å². The molecule has 3 aromatic rings. The van der Waals surface area contributed by atoms with E-state index in [1.165, 1.54) is 30.3 Å². The number of phenolic OH excluding ortho intramolecular Hbond substituents is 1. The van der Waals surface area contributed by atoms with Crippen LogP contribution in [0, 0.1) is 0 Å². The Labute approximate surface area is 156 Å². The van der Waals surface area contributed by atoms with E-state index >= 15 is 0 Å². The third-order valence-electron chi connectivity index (χ3n) is 3.52. The fraction of sp³-hybridized carbons (Fsp3) is 0. The molecule has 0 aliphatic rings. The van der Waals surface area contributed by atoms with E-state index in [0.29, 0.717) is 10.7 Å². The highest BCUT2D eigenvalue weighted by molar-refractivity contribution is 7.90. The van der Waals surface area contributed by atoms with E-state index in [9.17, 15) is 13.5 Å². The van der Waals surface area contributed by atoms with Gasteiger partial charge in [-0.15, -0.1) is 4.40 Å². The first-order chi connectivity index (χ1) is 12.5. The summed E-state index contributed by atoms with van der Waals surface area (Å²) >= 11 is 5.82. The highest BCUT2D eigenvalue weighted by Crippen LogP contribution is 2.22. The van der Waals surface area contributed by atoms with Gasteiger partial charge in [0, 0.05) is 10.7 Å². The summed E-state index contributed by atoms with van der Waals surface area (Å²) in [6.45, 7) is 0. The van der Waals surface area contributed by atoms with Crippen molar-refractivity contribution < 1.29 is 13.5 Å². The lowest BCUT2D eigenvalue weighted by atomic mass is 10.2. The van der Waals surface area contributed by atoms with Crippen LogP contribution in [0.15, 0.2) is 88.2 Å². The number of sulfonamides is 1. The van der Waals surface area contributed by atoms with E-state index in [2.05, 4.69) is 9.71 Å². The molecule has 0 amide bonds. The third-order valence-corrected chi connectivity index (χ3v) is 5.06. The van der Waals surface area contributed by atoms with Crippen LogP contribution in [0.1, 0.15) is 5.56 Å². The molecule has 3 aromatic carbocycles. The topological polar surface area (TPSA) is 78.8 Å². The molecule has 0 aromatic heterocycles. The standard InChI is InChI=1S/C19H15ClN2O3S/c20-14-10-12-16(13-11-14)26(24,25)22-19(17-8-4-5-9-18(17)23)21-15-6-2-1-3-7-15/h1-13,23H,(H,21,22). The summed E-state index contributed by atoms with van der Waals surface area (Å²) in [5, 5.41) is 13.5. The van der Waals surface area contributed by atoms with Crippen molar-refractivity contribution in [2.24, 2.45) is 4.40 Å².